The van der Waals surface area contributed by atoms with Gasteiger partial charge in [0.25, 0.3) is 0 Å². The minimum atomic E-state index is -0.695. The molecule has 5 rings (SSSR count). The Kier molecular flexibility index (Phi) is 6.73. The van der Waals surface area contributed by atoms with Gasteiger partial charge in [-0.05, 0) is 13.0 Å². The molecule has 0 bridgehead atoms. The van der Waals surface area contributed by atoms with Crippen molar-refractivity contribution in [2.75, 3.05) is 74.7 Å². The van der Waals surface area contributed by atoms with Crippen molar-refractivity contribution in [3.8, 4) is 0 Å². The Hall–Kier alpha value is -3.73. The zero-order chi connectivity index (χ0) is 25.2. The number of hydrogen-bond acceptors (Lipinski definition) is 8. The molecule has 0 radical (unpaired) electrons. The van der Waals surface area contributed by atoms with Crippen molar-refractivity contribution in [2.45, 2.75) is 6.92 Å². The Labute approximate surface area is 207 Å². The third-order valence-electron chi connectivity index (χ3n) is 6.60. The Bertz CT molecular complexity index is 1280. The number of carbonyl (C=O) groups excluding carboxylic acids is 1. The summed E-state index contributed by atoms with van der Waals surface area (Å²) in [6.45, 7) is 6.62. The van der Waals surface area contributed by atoms with Crippen molar-refractivity contribution in [3.05, 3.63) is 47.8 Å². The number of pyridine rings is 2. The van der Waals surface area contributed by atoms with E-state index in [9.17, 15) is 9.18 Å². The number of ether oxygens (including phenoxy) is 2. The van der Waals surface area contributed by atoms with Crippen molar-refractivity contribution in [1.29, 1.82) is 0 Å². The smallest absolute Gasteiger partial charge is 0.409 e. The molecule has 1 N–H and O–H groups in total. The lowest BCUT2D eigenvalue weighted by molar-refractivity contribution is 0.121. The summed E-state index contributed by atoms with van der Waals surface area (Å²) < 4.78 is 39.5. The van der Waals surface area contributed by atoms with E-state index >= 15 is 4.39 Å². The number of hydrogen-bond donors (Lipinski definition) is 1. The Morgan fingerprint density at radius 3 is 2.50 bits per heavy atom. The highest BCUT2D eigenvalue weighted by molar-refractivity contribution is 5.97. The van der Waals surface area contributed by atoms with E-state index in [1.807, 2.05) is 17.9 Å². The molecule has 2 aliphatic heterocycles. The fraction of sp³-hybridized carbons (Fsp3) is 0.400. The van der Waals surface area contributed by atoms with Crippen LogP contribution in [0, 0.1) is 18.6 Å². The number of rotatable bonds is 4. The van der Waals surface area contributed by atoms with Crippen LogP contribution in [0.5, 0.6) is 0 Å². The molecule has 0 atom stereocenters. The number of nitrogens with zero attached hydrogens (tertiary/aromatic N) is 5. The lowest BCUT2D eigenvalue weighted by Crippen LogP contribution is -2.49. The number of piperazine rings is 1. The zero-order valence-corrected chi connectivity index (χ0v) is 20.3. The van der Waals surface area contributed by atoms with Crippen LogP contribution in [0.4, 0.5) is 36.5 Å². The number of amides is 1. The van der Waals surface area contributed by atoms with Crippen molar-refractivity contribution in [3.63, 3.8) is 0 Å². The first-order valence-corrected chi connectivity index (χ1v) is 11.9. The molecule has 9 nitrogen and oxygen atoms in total. The molecule has 4 heterocycles. The number of morpholine rings is 1. The second kappa shape index (κ2) is 10.1. The van der Waals surface area contributed by atoms with Gasteiger partial charge in [0.1, 0.15) is 17.5 Å². The van der Waals surface area contributed by atoms with E-state index in [4.69, 9.17) is 9.47 Å². The van der Waals surface area contributed by atoms with Crippen LogP contribution in [-0.2, 0) is 9.47 Å². The van der Waals surface area contributed by atoms with Crippen molar-refractivity contribution < 1.29 is 23.0 Å². The van der Waals surface area contributed by atoms with Gasteiger partial charge in [0.05, 0.1) is 60.7 Å². The molecular formula is C25H28F2N6O3. The lowest BCUT2D eigenvalue weighted by Gasteiger charge is -2.35. The molecule has 3 aromatic rings. The number of halogens is 2. The molecule has 2 saturated heterocycles. The van der Waals surface area contributed by atoms with Gasteiger partial charge in [0, 0.05) is 57.0 Å². The van der Waals surface area contributed by atoms with Crippen LogP contribution >= 0.6 is 0 Å². The molecule has 1 aromatic carbocycles. The van der Waals surface area contributed by atoms with E-state index in [0.29, 0.717) is 56.6 Å². The maximum Gasteiger partial charge on any atom is 0.409 e. The number of methoxy groups -OCH3 is 1. The Morgan fingerprint density at radius 2 is 1.78 bits per heavy atom. The molecule has 0 aliphatic carbocycles. The molecule has 2 aliphatic rings. The summed E-state index contributed by atoms with van der Waals surface area (Å²) in [6, 6.07) is 4.06. The van der Waals surface area contributed by atoms with Gasteiger partial charge < -0.3 is 29.5 Å². The number of anilines is 4. The van der Waals surface area contributed by atoms with Crippen LogP contribution < -0.4 is 15.1 Å². The SMILES string of the molecule is COC(=O)N1CCN(c2nc3cc(F)cc(F)c3c(Nc3cncc(N4CCOCC4)c3)c2C)CC1. The minimum Gasteiger partial charge on any atom is -0.453 e. The van der Waals surface area contributed by atoms with Crippen molar-refractivity contribution in [2.24, 2.45) is 0 Å². The van der Waals surface area contributed by atoms with Crippen LogP contribution in [0.1, 0.15) is 5.56 Å². The summed E-state index contributed by atoms with van der Waals surface area (Å²) in [4.78, 5) is 26.7. The van der Waals surface area contributed by atoms with E-state index in [2.05, 4.69) is 20.2 Å². The second-order valence-corrected chi connectivity index (χ2v) is 8.82. The van der Waals surface area contributed by atoms with Gasteiger partial charge in [-0.25, -0.2) is 18.6 Å². The number of fused-ring (bicyclic) bond motifs is 1. The standard InChI is InChI=1S/C25H28F2N6O3/c1-16-23(29-18-13-19(15-28-14-18)31-7-9-36-10-8-31)22-20(27)11-17(26)12-21(22)30-24(16)32-3-5-33(6-4-32)25(34)35-2/h11-15H,3-10H2,1-2H3,(H,29,30). The highest BCUT2D eigenvalue weighted by atomic mass is 19.1. The summed E-state index contributed by atoms with van der Waals surface area (Å²) in [7, 11) is 1.35. The van der Waals surface area contributed by atoms with Gasteiger partial charge in [0.2, 0.25) is 0 Å². The predicted molar refractivity (Wildman–Crippen MR) is 133 cm³/mol. The first-order valence-electron chi connectivity index (χ1n) is 11.9. The molecule has 1 amide bonds. The molecule has 11 heteroatoms. The summed E-state index contributed by atoms with van der Waals surface area (Å²) in [5.74, 6) is -0.779. The minimum absolute atomic E-state index is 0.211. The van der Waals surface area contributed by atoms with Gasteiger partial charge in [-0.3, -0.25) is 4.98 Å². The van der Waals surface area contributed by atoms with Gasteiger partial charge in [0.15, 0.2) is 0 Å². The summed E-state index contributed by atoms with van der Waals surface area (Å²) in [5, 5.41) is 3.55. The fourth-order valence-corrected chi connectivity index (χ4v) is 4.72. The van der Waals surface area contributed by atoms with Crippen LogP contribution in [0.15, 0.2) is 30.6 Å². The average molecular weight is 499 g/mol. The van der Waals surface area contributed by atoms with E-state index in [1.54, 1.807) is 17.3 Å². The normalized spacial score (nSPS) is 16.4. The van der Waals surface area contributed by atoms with E-state index in [0.717, 1.165) is 30.4 Å². The maximum atomic E-state index is 15.1. The first kappa shape index (κ1) is 24.0. The molecule has 0 spiro atoms. The second-order valence-electron chi connectivity index (χ2n) is 8.82. The number of carbonyl (C=O) groups is 1. The lowest BCUT2D eigenvalue weighted by atomic mass is 10.1. The Morgan fingerprint density at radius 1 is 1.03 bits per heavy atom. The van der Waals surface area contributed by atoms with E-state index in [-0.39, 0.29) is 17.0 Å². The van der Waals surface area contributed by atoms with Crippen molar-refractivity contribution in [1.82, 2.24) is 14.9 Å². The highest BCUT2D eigenvalue weighted by Gasteiger charge is 2.26. The summed E-state index contributed by atoms with van der Waals surface area (Å²) in [5.41, 5.74) is 3.05. The first-order chi connectivity index (χ1) is 17.4. The van der Waals surface area contributed by atoms with Crippen LogP contribution in [0.3, 0.4) is 0 Å². The number of nitrogens with one attached hydrogen (secondary N) is 1. The molecule has 2 fully saturated rings. The largest absolute Gasteiger partial charge is 0.453 e. The van der Waals surface area contributed by atoms with E-state index in [1.165, 1.54) is 13.2 Å². The van der Waals surface area contributed by atoms with Gasteiger partial charge in [-0.2, -0.15) is 0 Å². The average Bonchev–Trinajstić information content (AvgIpc) is 2.90. The third-order valence-corrected chi connectivity index (χ3v) is 6.60. The Balaban J connectivity index is 1.52. The van der Waals surface area contributed by atoms with Gasteiger partial charge in [-0.15, -0.1) is 0 Å². The number of benzene rings is 1. The zero-order valence-electron chi connectivity index (χ0n) is 20.3. The fourth-order valence-electron chi connectivity index (χ4n) is 4.72. The van der Waals surface area contributed by atoms with Crippen molar-refractivity contribution >= 4 is 39.9 Å². The highest BCUT2D eigenvalue weighted by Crippen LogP contribution is 2.37. The predicted octanol–water partition coefficient (Wildman–Crippen LogP) is 3.69. The molecule has 36 heavy (non-hydrogen) atoms. The topological polar surface area (TPSA) is 83.1 Å². The van der Waals surface area contributed by atoms with Crippen LogP contribution in [0.2, 0.25) is 0 Å². The molecule has 190 valence electrons. The summed E-state index contributed by atoms with van der Waals surface area (Å²) >= 11 is 0. The maximum absolute atomic E-state index is 15.1. The molecule has 0 unspecified atom stereocenters. The van der Waals surface area contributed by atoms with Gasteiger partial charge in [-0.1, -0.05) is 0 Å². The number of aromatic nitrogens is 2. The quantitative estimate of drug-likeness (QED) is 0.584. The monoisotopic (exact) mass is 498 g/mol. The molecular weight excluding hydrogens is 470 g/mol. The van der Waals surface area contributed by atoms with E-state index < -0.39 is 11.6 Å². The van der Waals surface area contributed by atoms with Crippen LogP contribution in [-0.4, -0.2) is 80.6 Å². The molecule has 0 saturated carbocycles. The third kappa shape index (κ3) is 4.70. The van der Waals surface area contributed by atoms with Crippen LogP contribution in [0.25, 0.3) is 10.9 Å². The molecule has 2 aromatic heterocycles. The van der Waals surface area contributed by atoms with Gasteiger partial charge >= 0.3 is 6.09 Å². The summed E-state index contributed by atoms with van der Waals surface area (Å²) in [6.07, 6.45) is 3.08.